The second-order valence-electron chi connectivity index (χ2n) is 12.1. The van der Waals surface area contributed by atoms with Gasteiger partial charge in [0.2, 0.25) is 0 Å². The maximum Gasteiger partial charge on any atom is 0.432 e. The predicted octanol–water partition coefficient (Wildman–Crippen LogP) is 7.60. The number of carbonyl (C=O) groups excluding carboxylic acids is 2. The lowest BCUT2D eigenvalue weighted by molar-refractivity contribution is -0.280. The van der Waals surface area contributed by atoms with Crippen molar-refractivity contribution in [2.45, 2.75) is 120 Å². The molecule has 0 spiro atoms. The third-order valence-electron chi connectivity index (χ3n) is 8.31. The van der Waals surface area contributed by atoms with E-state index in [1.165, 1.54) is 49.9 Å². The fourth-order valence-electron chi connectivity index (χ4n) is 6.04. The summed E-state index contributed by atoms with van der Waals surface area (Å²) in [6, 6.07) is 17.0. The molecule has 6 nitrogen and oxygen atoms in total. The molecular weight excluding hydrogens is 561 g/mol. The average molecular weight is 607 g/mol. The summed E-state index contributed by atoms with van der Waals surface area (Å²) in [5.74, 6) is -2.41. The van der Waals surface area contributed by atoms with E-state index in [4.69, 9.17) is 14.2 Å². The molecule has 0 saturated carbocycles. The van der Waals surface area contributed by atoms with E-state index in [1.54, 1.807) is 6.92 Å². The molecule has 1 saturated heterocycles. The summed E-state index contributed by atoms with van der Waals surface area (Å²) in [6.45, 7) is 3.09. The topological polar surface area (TPSA) is 82.1 Å². The fraction of sp³-hybridized carbons (Fsp3) is 0.588. The predicted molar refractivity (Wildman–Crippen MR) is 157 cm³/mol. The van der Waals surface area contributed by atoms with Gasteiger partial charge in [0.05, 0.1) is 12.0 Å². The fourth-order valence-corrected chi connectivity index (χ4v) is 6.04. The molecule has 3 rings (SSSR count). The molecule has 0 radical (unpaired) electrons. The van der Waals surface area contributed by atoms with Gasteiger partial charge in [0.25, 0.3) is 5.60 Å². The number of hydrogen-bond donors (Lipinski definition) is 1. The van der Waals surface area contributed by atoms with E-state index in [0.717, 1.165) is 57.8 Å². The Hall–Kier alpha value is -2.91. The number of halogens is 3. The summed E-state index contributed by atoms with van der Waals surface area (Å²) < 4.78 is 58.6. The Bertz CT molecular complexity index is 1150. The van der Waals surface area contributed by atoms with Gasteiger partial charge in [0, 0.05) is 19.1 Å². The van der Waals surface area contributed by atoms with Crippen LogP contribution in [0, 0.1) is 0 Å². The van der Waals surface area contributed by atoms with Gasteiger partial charge in [-0.2, -0.15) is 13.2 Å². The number of cyclic esters (lactones) is 1. The molecule has 9 heteroatoms. The van der Waals surface area contributed by atoms with E-state index in [-0.39, 0.29) is 6.42 Å². The number of unbranched alkanes of at least 4 members (excludes halogenated alkanes) is 7. The number of benzene rings is 2. The van der Waals surface area contributed by atoms with Crippen LogP contribution < -0.4 is 0 Å². The first-order valence-corrected chi connectivity index (χ1v) is 15.2. The summed E-state index contributed by atoms with van der Waals surface area (Å²) >= 11 is 0. The van der Waals surface area contributed by atoms with Crippen LogP contribution in [0.15, 0.2) is 60.7 Å². The van der Waals surface area contributed by atoms with Gasteiger partial charge < -0.3 is 19.3 Å². The first-order chi connectivity index (χ1) is 20.3. The lowest BCUT2D eigenvalue weighted by Crippen LogP contribution is -2.54. The minimum atomic E-state index is -5.15. The third-order valence-corrected chi connectivity index (χ3v) is 8.31. The van der Waals surface area contributed by atoms with Crippen LogP contribution in [-0.2, 0) is 35.8 Å². The molecule has 1 heterocycles. The van der Waals surface area contributed by atoms with E-state index in [9.17, 15) is 27.9 Å². The SMILES string of the molecule is CO[C@](C(=O)O[C@@H]1CC(=O)O[C@]1(C)C[C@@](C)(O)CCCCCCCCCCc1ccccc1)(c1ccccc1)C(F)(F)F. The second-order valence-corrected chi connectivity index (χ2v) is 12.1. The van der Waals surface area contributed by atoms with E-state index < -0.39 is 53.0 Å². The van der Waals surface area contributed by atoms with Crippen LogP contribution in [0.25, 0.3) is 0 Å². The van der Waals surface area contributed by atoms with Gasteiger partial charge in [0.15, 0.2) is 6.10 Å². The highest BCUT2D eigenvalue weighted by Crippen LogP contribution is 2.45. The molecule has 2 aromatic rings. The van der Waals surface area contributed by atoms with Crippen molar-refractivity contribution in [2.24, 2.45) is 0 Å². The van der Waals surface area contributed by atoms with Gasteiger partial charge in [-0.3, -0.25) is 4.79 Å². The van der Waals surface area contributed by atoms with Crippen LogP contribution in [0.2, 0.25) is 0 Å². The van der Waals surface area contributed by atoms with E-state index in [0.29, 0.717) is 6.42 Å². The van der Waals surface area contributed by atoms with Crippen LogP contribution in [-0.4, -0.2) is 47.6 Å². The molecule has 1 aliphatic rings. The normalized spacial score (nSPS) is 21.6. The molecule has 2 aromatic carbocycles. The van der Waals surface area contributed by atoms with Gasteiger partial charge >= 0.3 is 18.1 Å². The minimum absolute atomic E-state index is 0.0948. The third kappa shape index (κ3) is 9.29. The average Bonchev–Trinajstić information content (AvgIpc) is 3.21. The number of alkyl halides is 3. The number of methoxy groups -OCH3 is 1. The maximum absolute atomic E-state index is 14.3. The summed E-state index contributed by atoms with van der Waals surface area (Å²) in [5, 5.41) is 11.1. The molecule has 0 aliphatic carbocycles. The van der Waals surface area contributed by atoms with Crippen LogP contribution in [0.4, 0.5) is 13.2 Å². The maximum atomic E-state index is 14.3. The first-order valence-electron chi connectivity index (χ1n) is 15.2. The first kappa shape index (κ1) is 34.6. The number of carbonyl (C=O) groups is 2. The summed E-state index contributed by atoms with van der Waals surface area (Å²) in [6.07, 6.45) is 3.08. The Morgan fingerprint density at radius 2 is 1.47 bits per heavy atom. The van der Waals surface area contributed by atoms with Crippen molar-refractivity contribution in [2.75, 3.05) is 7.11 Å². The van der Waals surface area contributed by atoms with Gasteiger partial charge in [-0.1, -0.05) is 106 Å². The quantitative estimate of drug-likeness (QED) is 0.148. The van der Waals surface area contributed by atoms with Crippen LogP contribution in [0.1, 0.15) is 95.6 Å². The Morgan fingerprint density at radius 3 is 2.02 bits per heavy atom. The summed E-state index contributed by atoms with van der Waals surface area (Å²) in [5.41, 5.74) is -5.25. The molecule has 1 fully saturated rings. The van der Waals surface area contributed by atoms with E-state index in [1.807, 2.05) is 6.07 Å². The summed E-state index contributed by atoms with van der Waals surface area (Å²) in [4.78, 5) is 25.5. The molecule has 1 aliphatic heterocycles. The molecule has 238 valence electrons. The van der Waals surface area contributed by atoms with Gasteiger partial charge in [0.1, 0.15) is 5.60 Å². The molecule has 0 unspecified atom stereocenters. The number of hydrogen-bond acceptors (Lipinski definition) is 6. The van der Waals surface area contributed by atoms with E-state index in [2.05, 4.69) is 24.3 Å². The summed E-state index contributed by atoms with van der Waals surface area (Å²) in [7, 11) is 0.786. The number of ether oxygens (including phenoxy) is 3. The molecule has 4 atom stereocenters. The number of aryl methyl sites for hydroxylation is 1. The zero-order valence-electron chi connectivity index (χ0n) is 25.5. The van der Waals surface area contributed by atoms with Crippen LogP contribution in [0.5, 0.6) is 0 Å². The monoisotopic (exact) mass is 606 g/mol. The highest BCUT2D eigenvalue weighted by atomic mass is 19.4. The van der Waals surface area contributed by atoms with Crippen LogP contribution >= 0.6 is 0 Å². The number of aliphatic hydroxyl groups is 1. The van der Waals surface area contributed by atoms with Gasteiger partial charge in [-0.25, -0.2) is 4.79 Å². The van der Waals surface area contributed by atoms with Gasteiger partial charge in [-0.05, 0) is 38.7 Å². The zero-order valence-corrected chi connectivity index (χ0v) is 25.5. The molecular formula is C34H45F3O6. The van der Waals surface area contributed by atoms with Crippen molar-refractivity contribution in [1.29, 1.82) is 0 Å². The minimum Gasteiger partial charge on any atom is -0.455 e. The van der Waals surface area contributed by atoms with Gasteiger partial charge in [-0.15, -0.1) is 0 Å². The van der Waals surface area contributed by atoms with Crippen molar-refractivity contribution in [3.05, 3.63) is 71.8 Å². The largest absolute Gasteiger partial charge is 0.455 e. The van der Waals surface area contributed by atoms with Crippen molar-refractivity contribution in [1.82, 2.24) is 0 Å². The Kier molecular flexibility index (Phi) is 12.2. The number of esters is 2. The molecule has 0 bridgehead atoms. The smallest absolute Gasteiger partial charge is 0.432 e. The van der Waals surface area contributed by atoms with E-state index >= 15 is 0 Å². The highest BCUT2D eigenvalue weighted by molar-refractivity contribution is 5.84. The standard InChI is InChI=1S/C34H45F3O6/c1-31(40,23-17-9-7-5-4-6-8-12-18-26-19-13-10-14-20-26)25-32(2)28(24-29(38)43-32)42-30(39)33(41-3,34(35,36)37)27-21-15-11-16-22-27/h10-11,13-16,19-22,28,40H,4-9,12,17-18,23-25H2,1-3H3/t28-,31+,32-,33+/m1/s1. The Labute approximate surface area is 252 Å². The van der Waals surface area contributed by atoms with Crippen LogP contribution in [0.3, 0.4) is 0 Å². The Morgan fingerprint density at radius 1 is 0.930 bits per heavy atom. The van der Waals surface area contributed by atoms with Crippen molar-refractivity contribution in [3.63, 3.8) is 0 Å². The zero-order chi connectivity index (χ0) is 31.6. The Balaban J connectivity index is 1.48. The molecule has 43 heavy (non-hydrogen) atoms. The lowest BCUT2D eigenvalue weighted by atomic mass is 9.82. The van der Waals surface area contributed by atoms with Crippen molar-refractivity contribution >= 4 is 11.9 Å². The lowest BCUT2D eigenvalue weighted by Gasteiger charge is -2.38. The van der Waals surface area contributed by atoms with Crippen molar-refractivity contribution < 1.29 is 42.1 Å². The second kappa shape index (κ2) is 15.2. The molecule has 0 aromatic heterocycles. The van der Waals surface area contributed by atoms with Crippen molar-refractivity contribution in [3.8, 4) is 0 Å². The number of rotatable bonds is 17. The molecule has 0 amide bonds. The highest BCUT2D eigenvalue weighted by Gasteiger charge is 2.65. The molecule has 1 N–H and O–H groups in total.